The average Bonchev–Trinajstić information content (AvgIpc) is 3.41. The lowest BCUT2D eigenvalue weighted by molar-refractivity contribution is -0.117. The van der Waals surface area contributed by atoms with E-state index in [1.54, 1.807) is 12.1 Å². The molecule has 1 atom stereocenters. The van der Waals surface area contributed by atoms with E-state index in [0.717, 1.165) is 29.7 Å². The van der Waals surface area contributed by atoms with E-state index in [2.05, 4.69) is 33.5 Å². The lowest BCUT2D eigenvalue weighted by Gasteiger charge is -2.15. The summed E-state index contributed by atoms with van der Waals surface area (Å²) in [6.07, 6.45) is 2.01. The van der Waals surface area contributed by atoms with Crippen molar-refractivity contribution in [2.24, 2.45) is 5.92 Å². The molecule has 126 valence electrons. The number of rotatable bonds is 6. The van der Waals surface area contributed by atoms with Crippen molar-refractivity contribution in [1.29, 1.82) is 0 Å². The van der Waals surface area contributed by atoms with Gasteiger partial charge in [0, 0.05) is 24.2 Å². The number of benzene rings is 2. The van der Waals surface area contributed by atoms with Crippen molar-refractivity contribution in [2.45, 2.75) is 32.4 Å². The molecule has 3 rings (SSSR count). The van der Waals surface area contributed by atoms with E-state index in [1.165, 1.54) is 6.07 Å². The van der Waals surface area contributed by atoms with Crippen LogP contribution in [0.15, 0.2) is 46.9 Å². The first-order valence-corrected chi connectivity index (χ1v) is 8.90. The van der Waals surface area contributed by atoms with Crippen LogP contribution in [-0.4, -0.2) is 5.91 Å². The monoisotopic (exact) mass is 390 g/mol. The van der Waals surface area contributed by atoms with Gasteiger partial charge in [0.05, 0.1) is 4.47 Å². The van der Waals surface area contributed by atoms with E-state index in [1.807, 2.05) is 24.3 Å². The minimum Gasteiger partial charge on any atom is -0.326 e. The van der Waals surface area contributed by atoms with E-state index in [0.29, 0.717) is 11.0 Å². The van der Waals surface area contributed by atoms with Gasteiger partial charge >= 0.3 is 0 Å². The van der Waals surface area contributed by atoms with Gasteiger partial charge in [0.25, 0.3) is 0 Å². The first-order valence-electron chi connectivity index (χ1n) is 8.11. The predicted octanol–water partition coefficient (Wildman–Crippen LogP) is 4.79. The highest BCUT2D eigenvalue weighted by atomic mass is 79.9. The standard InChI is InChI=1S/C19H20BrFN2O/c1-12(22-11-13-2-9-18(21)17(20)10-13)14-5-7-16(8-6-14)23-19(24)15-3-4-15/h2,5-10,12,15,22H,3-4,11H2,1H3,(H,23,24). The summed E-state index contributed by atoms with van der Waals surface area (Å²) in [7, 11) is 0. The number of halogens is 2. The van der Waals surface area contributed by atoms with Gasteiger partial charge in [0.1, 0.15) is 5.82 Å². The predicted molar refractivity (Wildman–Crippen MR) is 97.2 cm³/mol. The zero-order chi connectivity index (χ0) is 17.1. The molecule has 5 heteroatoms. The third-order valence-electron chi connectivity index (χ3n) is 4.22. The van der Waals surface area contributed by atoms with E-state index in [-0.39, 0.29) is 23.7 Å². The minimum atomic E-state index is -0.254. The summed E-state index contributed by atoms with van der Waals surface area (Å²) in [5.41, 5.74) is 2.99. The molecular weight excluding hydrogens is 371 g/mol. The van der Waals surface area contributed by atoms with Gasteiger partial charge < -0.3 is 10.6 Å². The van der Waals surface area contributed by atoms with Crippen LogP contribution in [0.2, 0.25) is 0 Å². The van der Waals surface area contributed by atoms with Crippen LogP contribution in [0.3, 0.4) is 0 Å². The van der Waals surface area contributed by atoms with Gasteiger partial charge in [-0.25, -0.2) is 4.39 Å². The van der Waals surface area contributed by atoms with Crippen molar-refractivity contribution in [3.8, 4) is 0 Å². The molecule has 1 amide bonds. The maximum Gasteiger partial charge on any atom is 0.227 e. The van der Waals surface area contributed by atoms with Crippen molar-refractivity contribution in [2.75, 3.05) is 5.32 Å². The number of hydrogen-bond acceptors (Lipinski definition) is 2. The van der Waals surface area contributed by atoms with Gasteiger partial charge in [0.2, 0.25) is 5.91 Å². The summed E-state index contributed by atoms with van der Waals surface area (Å²) >= 11 is 3.20. The van der Waals surface area contributed by atoms with Crippen molar-refractivity contribution in [1.82, 2.24) is 5.32 Å². The van der Waals surface area contributed by atoms with Crippen molar-refractivity contribution < 1.29 is 9.18 Å². The molecule has 0 aromatic heterocycles. The number of nitrogens with one attached hydrogen (secondary N) is 2. The summed E-state index contributed by atoms with van der Waals surface area (Å²) < 4.78 is 13.7. The highest BCUT2D eigenvalue weighted by molar-refractivity contribution is 9.10. The topological polar surface area (TPSA) is 41.1 Å². The van der Waals surface area contributed by atoms with Crippen LogP contribution < -0.4 is 10.6 Å². The van der Waals surface area contributed by atoms with Gasteiger partial charge in [-0.3, -0.25) is 4.79 Å². The normalized spacial score (nSPS) is 15.1. The third-order valence-corrected chi connectivity index (χ3v) is 4.83. The Morgan fingerprint density at radius 1 is 1.25 bits per heavy atom. The molecule has 2 aromatic carbocycles. The largest absolute Gasteiger partial charge is 0.326 e. The molecule has 2 N–H and O–H groups in total. The van der Waals surface area contributed by atoms with Gasteiger partial charge in [0.15, 0.2) is 0 Å². The van der Waals surface area contributed by atoms with Gasteiger partial charge in [-0.05, 0) is 71.1 Å². The molecule has 1 saturated carbocycles. The Labute approximate surface area is 149 Å². The molecule has 0 aliphatic heterocycles. The molecular formula is C19H20BrFN2O. The van der Waals surface area contributed by atoms with E-state index < -0.39 is 0 Å². The SMILES string of the molecule is CC(NCc1ccc(F)c(Br)c1)c1ccc(NC(=O)C2CC2)cc1. The summed E-state index contributed by atoms with van der Waals surface area (Å²) in [6.45, 7) is 2.73. The Balaban J connectivity index is 1.55. The number of carbonyl (C=O) groups is 1. The van der Waals surface area contributed by atoms with Crippen LogP contribution >= 0.6 is 15.9 Å². The number of amides is 1. The maximum absolute atomic E-state index is 13.2. The van der Waals surface area contributed by atoms with Gasteiger partial charge in [-0.15, -0.1) is 0 Å². The van der Waals surface area contributed by atoms with Gasteiger partial charge in [-0.2, -0.15) is 0 Å². The Bertz CT molecular complexity index is 729. The zero-order valence-electron chi connectivity index (χ0n) is 13.5. The van der Waals surface area contributed by atoms with E-state index in [9.17, 15) is 9.18 Å². The van der Waals surface area contributed by atoms with Crippen LogP contribution in [0, 0.1) is 11.7 Å². The quantitative estimate of drug-likeness (QED) is 0.744. The number of hydrogen-bond donors (Lipinski definition) is 2. The lowest BCUT2D eigenvalue weighted by atomic mass is 10.1. The Kier molecular flexibility index (Phi) is 5.31. The Hall–Kier alpha value is -1.72. The summed E-state index contributed by atoms with van der Waals surface area (Å²) in [6, 6.07) is 13.1. The maximum atomic E-state index is 13.2. The molecule has 24 heavy (non-hydrogen) atoms. The highest BCUT2D eigenvalue weighted by Crippen LogP contribution is 2.30. The summed E-state index contributed by atoms with van der Waals surface area (Å²) in [5, 5.41) is 6.36. The number of carbonyl (C=O) groups excluding carboxylic acids is 1. The smallest absolute Gasteiger partial charge is 0.227 e. The van der Waals surface area contributed by atoms with E-state index >= 15 is 0 Å². The minimum absolute atomic E-state index is 0.121. The summed E-state index contributed by atoms with van der Waals surface area (Å²) in [4.78, 5) is 11.8. The fraction of sp³-hybridized carbons (Fsp3) is 0.316. The Morgan fingerprint density at radius 3 is 2.58 bits per heavy atom. The molecule has 0 bridgehead atoms. The molecule has 1 unspecified atom stereocenters. The zero-order valence-corrected chi connectivity index (χ0v) is 15.1. The Morgan fingerprint density at radius 2 is 1.96 bits per heavy atom. The second kappa shape index (κ2) is 7.45. The van der Waals surface area contributed by atoms with Gasteiger partial charge in [-0.1, -0.05) is 18.2 Å². The first-order chi connectivity index (χ1) is 11.5. The van der Waals surface area contributed by atoms with Crippen LogP contribution in [-0.2, 0) is 11.3 Å². The fourth-order valence-corrected chi connectivity index (χ4v) is 2.91. The molecule has 1 aliphatic rings. The molecule has 0 heterocycles. The molecule has 3 nitrogen and oxygen atoms in total. The van der Waals surface area contributed by atoms with Crippen LogP contribution in [0.4, 0.5) is 10.1 Å². The van der Waals surface area contributed by atoms with Crippen molar-refractivity contribution in [3.05, 3.63) is 63.9 Å². The van der Waals surface area contributed by atoms with Crippen molar-refractivity contribution in [3.63, 3.8) is 0 Å². The first kappa shape index (κ1) is 17.1. The fourth-order valence-electron chi connectivity index (χ4n) is 2.48. The molecule has 0 radical (unpaired) electrons. The van der Waals surface area contributed by atoms with Crippen LogP contribution in [0.25, 0.3) is 0 Å². The van der Waals surface area contributed by atoms with E-state index in [4.69, 9.17) is 0 Å². The lowest BCUT2D eigenvalue weighted by Crippen LogP contribution is -2.18. The molecule has 2 aromatic rings. The second-order valence-electron chi connectivity index (χ2n) is 6.24. The molecule has 0 saturated heterocycles. The average molecular weight is 391 g/mol. The second-order valence-corrected chi connectivity index (χ2v) is 7.09. The number of anilines is 1. The third kappa shape index (κ3) is 4.42. The summed E-state index contributed by atoms with van der Waals surface area (Å²) in [5.74, 6) is 0.0757. The van der Waals surface area contributed by atoms with Crippen LogP contribution in [0.5, 0.6) is 0 Å². The van der Waals surface area contributed by atoms with Crippen LogP contribution in [0.1, 0.15) is 36.9 Å². The molecule has 1 fully saturated rings. The highest BCUT2D eigenvalue weighted by Gasteiger charge is 2.29. The van der Waals surface area contributed by atoms with Crippen molar-refractivity contribution >= 4 is 27.5 Å². The molecule has 0 spiro atoms. The molecule has 1 aliphatic carbocycles.